The van der Waals surface area contributed by atoms with E-state index in [-0.39, 0.29) is 12.4 Å². The molecule has 7 heteroatoms. The lowest BCUT2D eigenvalue weighted by atomic mass is 10.2. The van der Waals surface area contributed by atoms with Crippen molar-refractivity contribution in [1.82, 2.24) is 25.5 Å². The molecule has 19 heavy (non-hydrogen) atoms. The van der Waals surface area contributed by atoms with Gasteiger partial charge in [-0.2, -0.15) is 0 Å². The molecule has 2 aromatic rings. The van der Waals surface area contributed by atoms with E-state index in [0.29, 0.717) is 0 Å². The SMILES string of the molecule is Cc1ccc(-n2nnc(C(=O)NCC(C)O)n2)cc1. The summed E-state index contributed by atoms with van der Waals surface area (Å²) in [5.41, 5.74) is 1.85. The summed E-state index contributed by atoms with van der Waals surface area (Å²) in [6, 6.07) is 7.53. The van der Waals surface area contributed by atoms with Crippen molar-refractivity contribution >= 4 is 5.91 Å². The van der Waals surface area contributed by atoms with E-state index in [0.717, 1.165) is 11.3 Å². The van der Waals surface area contributed by atoms with Gasteiger partial charge in [0.2, 0.25) is 0 Å². The number of nitrogens with zero attached hydrogens (tertiary/aromatic N) is 4. The van der Waals surface area contributed by atoms with Gasteiger partial charge in [-0.05, 0) is 31.2 Å². The van der Waals surface area contributed by atoms with Crippen LogP contribution >= 0.6 is 0 Å². The second-order valence-corrected chi connectivity index (χ2v) is 4.30. The topological polar surface area (TPSA) is 92.9 Å². The van der Waals surface area contributed by atoms with Gasteiger partial charge in [0.15, 0.2) is 0 Å². The zero-order valence-corrected chi connectivity index (χ0v) is 10.7. The normalized spacial score (nSPS) is 12.2. The maximum absolute atomic E-state index is 11.6. The fraction of sp³-hybridized carbons (Fsp3) is 0.333. The Morgan fingerprint density at radius 2 is 2.11 bits per heavy atom. The molecule has 1 unspecified atom stereocenters. The third-order valence-electron chi connectivity index (χ3n) is 2.44. The van der Waals surface area contributed by atoms with Crippen molar-refractivity contribution in [1.29, 1.82) is 0 Å². The number of hydrogen-bond acceptors (Lipinski definition) is 5. The van der Waals surface area contributed by atoms with Gasteiger partial charge >= 0.3 is 0 Å². The van der Waals surface area contributed by atoms with E-state index in [1.54, 1.807) is 6.92 Å². The molecule has 1 amide bonds. The molecule has 0 aliphatic heterocycles. The van der Waals surface area contributed by atoms with Crippen LogP contribution in [0.15, 0.2) is 24.3 Å². The predicted molar refractivity (Wildman–Crippen MR) is 67.9 cm³/mol. The number of aromatic nitrogens is 4. The molecule has 1 heterocycles. The van der Waals surface area contributed by atoms with E-state index >= 15 is 0 Å². The molecule has 0 radical (unpaired) electrons. The number of aliphatic hydroxyl groups is 1. The highest BCUT2D eigenvalue weighted by atomic mass is 16.3. The first kappa shape index (κ1) is 13.2. The van der Waals surface area contributed by atoms with E-state index in [2.05, 4.69) is 20.7 Å². The van der Waals surface area contributed by atoms with Crippen LogP contribution in [0.2, 0.25) is 0 Å². The molecule has 100 valence electrons. The molecule has 0 aliphatic rings. The number of hydrogen-bond donors (Lipinski definition) is 2. The fourth-order valence-electron chi connectivity index (χ4n) is 1.41. The lowest BCUT2D eigenvalue weighted by Crippen LogP contribution is -2.31. The minimum Gasteiger partial charge on any atom is -0.392 e. The van der Waals surface area contributed by atoms with E-state index < -0.39 is 12.0 Å². The highest BCUT2D eigenvalue weighted by Gasteiger charge is 2.13. The Bertz CT molecular complexity index is 562. The van der Waals surface area contributed by atoms with E-state index in [1.165, 1.54) is 4.80 Å². The molecule has 0 fully saturated rings. The number of nitrogens with one attached hydrogen (secondary N) is 1. The van der Waals surface area contributed by atoms with Gasteiger partial charge in [0.25, 0.3) is 11.7 Å². The average molecular weight is 261 g/mol. The third kappa shape index (κ3) is 3.35. The third-order valence-corrected chi connectivity index (χ3v) is 2.44. The van der Waals surface area contributed by atoms with Crippen LogP contribution in [0.25, 0.3) is 5.69 Å². The van der Waals surface area contributed by atoms with E-state index in [1.807, 2.05) is 31.2 Å². The molecule has 1 atom stereocenters. The van der Waals surface area contributed by atoms with Crippen molar-refractivity contribution < 1.29 is 9.90 Å². The monoisotopic (exact) mass is 261 g/mol. The van der Waals surface area contributed by atoms with Gasteiger partial charge in [0, 0.05) is 6.54 Å². The number of amides is 1. The number of aryl methyl sites for hydroxylation is 1. The quantitative estimate of drug-likeness (QED) is 0.813. The molecular weight excluding hydrogens is 246 g/mol. The summed E-state index contributed by atoms with van der Waals surface area (Å²) in [7, 11) is 0. The van der Waals surface area contributed by atoms with Crippen molar-refractivity contribution in [2.75, 3.05) is 6.54 Å². The Balaban J connectivity index is 2.10. The molecule has 0 spiro atoms. The first-order valence-electron chi connectivity index (χ1n) is 5.89. The molecule has 0 saturated carbocycles. The number of aliphatic hydroxyl groups excluding tert-OH is 1. The Kier molecular flexibility index (Phi) is 3.86. The van der Waals surface area contributed by atoms with Gasteiger partial charge in [-0.25, -0.2) is 0 Å². The number of carbonyl (C=O) groups is 1. The Labute approximate surface area is 110 Å². The van der Waals surface area contributed by atoms with Gasteiger partial charge in [0.1, 0.15) is 0 Å². The largest absolute Gasteiger partial charge is 0.392 e. The molecule has 0 saturated heterocycles. The zero-order valence-electron chi connectivity index (χ0n) is 10.7. The summed E-state index contributed by atoms with van der Waals surface area (Å²) >= 11 is 0. The summed E-state index contributed by atoms with van der Waals surface area (Å²) in [6.45, 7) is 3.71. The summed E-state index contributed by atoms with van der Waals surface area (Å²) in [5, 5.41) is 23.1. The van der Waals surface area contributed by atoms with Crippen molar-refractivity contribution in [2.24, 2.45) is 0 Å². The zero-order chi connectivity index (χ0) is 13.8. The molecule has 7 nitrogen and oxygen atoms in total. The van der Waals surface area contributed by atoms with Gasteiger partial charge in [0.05, 0.1) is 11.8 Å². The number of rotatable bonds is 4. The highest BCUT2D eigenvalue weighted by Crippen LogP contribution is 2.06. The smallest absolute Gasteiger partial charge is 0.293 e. The van der Waals surface area contributed by atoms with Crippen LogP contribution in [-0.2, 0) is 0 Å². The second kappa shape index (κ2) is 5.57. The average Bonchev–Trinajstić information content (AvgIpc) is 2.86. The van der Waals surface area contributed by atoms with Crippen LogP contribution in [0, 0.1) is 6.92 Å². The predicted octanol–water partition coefficient (Wildman–Crippen LogP) is 0.0813. The van der Waals surface area contributed by atoms with Gasteiger partial charge in [-0.15, -0.1) is 15.0 Å². The molecule has 2 N–H and O–H groups in total. The van der Waals surface area contributed by atoms with Gasteiger partial charge in [-0.1, -0.05) is 17.7 Å². The van der Waals surface area contributed by atoms with Crippen LogP contribution in [0.3, 0.4) is 0 Å². The first-order valence-corrected chi connectivity index (χ1v) is 5.89. The first-order chi connectivity index (χ1) is 9.06. The number of benzene rings is 1. The Morgan fingerprint density at radius 3 is 2.74 bits per heavy atom. The molecule has 0 aliphatic carbocycles. The lowest BCUT2D eigenvalue weighted by Gasteiger charge is -2.03. The van der Waals surface area contributed by atoms with Crippen LogP contribution in [0.1, 0.15) is 23.1 Å². The Morgan fingerprint density at radius 1 is 1.42 bits per heavy atom. The van der Waals surface area contributed by atoms with E-state index in [9.17, 15) is 4.79 Å². The van der Waals surface area contributed by atoms with Crippen molar-refractivity contribution in [3.05, 3.63) is 35.7 Å². The van der Waals surface area contributed by atoms with Gasteiger partial charge < -0.3 is 10.4 Å². The maximum Gasteiger partial charge on any atom is 0.293 e. The lowest BCUT2D eigenvalue weighted by molar-refractivity contribution is 0.0913. The van der Waals surface area contributed by atoms with Crippen molar-refractivity contribution in [2.45, 2.75) is 20.0 Å². The number of carbonyl (C=O) groups excluding carboxylic acids is 1. The molecule has 1 aromatic heterocycles. The summed E-state index contributed by atoms with van der Waals surface area (Å²) in [4.78, 5) is 12.9. The molecule has 2 rings (SSSR count). The summed E-state index contributed by atoms with van der Waals surface area (Å²) in [6.07, 6.45) is -0.615. The summed E-state index contributed by atoms with van der Waals surface area (Å²) < 4.78 is 0. The maximum atomic E-state index is 11.6. The standard InChI is InChI=1S/C12H15N5O2/c1-8-3-5-10(6-4-8)17-15-11(14-16-17)12(19)13-7-9(2)18/h3-6,9,18H,7H2,1-2H3,(H,13,19). The second-order valence-electron chi connectivity index (χ2n) is 4.30. The van der Waals surface area contributed by atoms with Crippen LogP contribution in [-0.4, -0.2) is 43.9 Å². The van der Waals surface area contributed by atoms with Crippen molar-refractivity contribution in [3.63, 3.8) is 0 Å². The molecule has 0 bridgehead atoms. The van der Waals surface area contributed by atoms with Crippen LogP contribution in [0.5, 0.6) is 0 Å². The molecular formula is C12H15N5O2. The fourth-order valence-corrected chi connectivity index (χ4v) is 1.41. The van der Waals surface area contributed by atoms with Crippen molar-refractivity contribution in [3.8, 4) is 5.69 Å². The van der Waals surface area contributed by atoms with Crippen LogP contribution < -0.4 is 5.32 Å². The molecule has 1 aromatic carbocycles. The van der Waals surface area contributed by atoms with Crippen LogP contribution in [0.4, 0.5) is 0 Å². The van der Waals surface area contributed by atoms with E-state index in [4.69, 9.17) is 5.11 Å². The summed E-state index contributed by atoms with van der Waals surface area (Å²) in [5.74, 6) is -0.486. The minimum atomic E-state index is -0.615. The highest BCUT2D eigenvalue weighted by molar-refractivity contribution is 5.90. The minimum absolute atomic E-state index is 0.0266. The number of tetrazole rings is 1. The van der Waals surface area contributed by atoms with Gasteiger partial charge in [-0.3, -0.25) is 4.79 Å². The Hall–Kier alpha value is -2.28.